The smallest absolute Gasteiger partial charge is 0.258 e. The lowest BCUT2D eigenvalue weighted by atomic mass is 9.94. The first kappa shape index (κ1) is 29.4. The maximum Gasteiger partial charge on any atom is 0.258 e. The van der Waals surface area contributed by atoms with Crippen molar-refractivity contribution in [2.24, 2.45) is 0 Å². The van der Waals surface area contributed by atoms with Gasteiger partial charge in [-0.05, 0) is 69.3 Å². The van der Waals surface area contributed by atoms with E-state index >= 15 is 4.39 Å². The Morgan fingerprint density at radius 2 is 1.89 bits per heavy atom. The molecule has 45 heavy (non-hydrogen) atoms. The van der Waals surface area contributed by atoms with Crippen LogP contribution in [0.3, 0.4) is 0 Å². The third-order valence-electron chi connectivity index (χ3n) is 9.56. The Balaban J connectivity index is 1.30. The first-order valence-corrected chi connectivity index (χ1v) is 15.8. The van der Waals surface area contributed by atoms with Gasteiger partial charge in [-0.25, -0.2) is 9.37 Å². The summed E-state index contributed by atoms with van der Waals surface area (Å²) < 4.78 is 17.0. The molecule has 3 aliphatic heterocycles. The topological polar surface area (TPSA) is 98.6 Å². The number of likely N-dealkylation sites (tertiary alicyclic amines) is 1. The van der Waals surface area contributed by atoms with Crippen molar-refractivity contribution in [2.45, 2.75) is 50.9 Å². The number of rotatable bonds is 5. The van der Waals surface area contributed by atoms with E-state index in [0.717, 1.165) is 51.0 Å². The number of benzene rings is 2. The largest absolute Gasteiger partial charge is 0.366 e. The summed E-state index contributed by atoms with van der Waals surface area (Å²) >= 11 is 0. The van der Waals surface area contributed by atoms with E-state index in [9.17, 15) is 9.59 Å². The summed E-state index contributed by atoms with van der Waals surface area (Å²) in [7, 11) is 3.80. The van der Waals surface area contributed by atoms with Crippen LogP contribution < -0.4 is 21.1 Å². The van der Waals surface area contributed by atoms with Gasteiger partial charge in [-0.2, -0.15) is 4.98 Å². The fraction of sp³-hybridized carbons (Fsp3) is 0.412. The monoisotopic (exact) mass is 610 g/mol. The molecule has 0 spiro atoms. The maximum atomic E-state index is 15.3. The van der Waals surface area contributed by atoms with Gasteiger partial charge in [0.2, 0.25) is 5.95 Å². The molecule has 10 nitrogen and oxygen atoms in total. The van der Waals surface area contributed by atoms with Crippen molar-refractivity contribution in [3.8, 4) is 0 Å². The third kappa shape index (κ3) is 5.44. The van der Waals surface area contributed by atoms with E-state index < -0.39 is 6.17 Å². The molecule has 3 aliphatic rings. The summed E-state index contributed by atoms with van der Waals surface area (Å²) in [4.78, 5) is 43.3. The molecule has 234 valence electrons. The molecule has 2 aromatic carbocycles. The highest BCUT2D eigenvalue weighted by Crippen LogP contribution is 2.33. The first-order chi connectivity index (χ1) is 21.8. The second kappa shape index (κ2) is 11.9. The fourth-order valence-corrected chi connectivity index (χ4v) is 7.14. The van der Waals surface area contributed by atoms with Gasteiger partial charge >= 0.3 is 0 Å². The molecule has 3 atom stereocenters. The molecule has 2 saturated heterocycles. The Bertz CT molecular complexity index is 1830. The number of piperazine rings is 1. The number of hydrogen-bond acceptors (Lipinski definition) is 8. The number of nitrogens with zero attached hydrogens (tertiary/aromatic N) is 6. The molecule has 4 aromatic rings. The molecule has 2 aromatic heterocycles. The Morgan fingerprint density at radius 3 is 2.69 bits per heavy atom. The van der Waals surface area contributed by atoms with Crippen molar-refractivity contribution >= 4 is 34.3 Å². The van der Waals surface area contributed by atoms with Crippen LogP contribution in [0.2, 0.25) is 0 Å². The Hall–Kier alpha value is -4.35. The van der Waals surface area contributed by atoms with Crippen LogP contribution in [0.25, 0.3) is 11.0 Å². The minimum atomic E-state index is -0.572. The molecule has 0 bridgehead atoms. The van der Waals surface area contributed by atoms with Crippen LogP contribution in [0.15, 0.2) is 59.5 Å². The van der Waals surface area contributed by atoms with Crippen LogP contribution in [0.4, 0.5) is 21.7 Å². The minimum absolute atomic E-state index is 0.0308. The number of likely N-dealkylation sites (N-methyl/N-ethyl adjacent to an activating group) is 1. The summed E-state index contributed by atoms with van der Waals surface area (Å²) in [5.41, 5.74) is 3.57. The fourth-order valence-electron chi connectivity index (χ4n) is 7.14. The number of piperidine rings is 1. The van der Waals surface area contributed by atoms with Gasteiger partial charge in [-0.15, -0.1) is 0 Å². The standard InChI is InChI=1S/C34H39FN8O2/c1-21-20-42(15-13-36-21)29-12-11-24(18-27(29)35)38-34-37-19-23-16-26(28-10-6-7-14-40(28)2)33(45)43(31(23)39-34)30-17-22-8-4-5-9-25(22)32(44)41(30)3/h4-5,8-9,11-12,16,18-19,21,28,30,36H,6-7,10,13-15,17,20H2,1-3H3,(H,37,38,39). The van der Waals surface area contributed by atoms with Crippen molar-refractivity contribution in [1.29, 1.82) is 0 Å². The zero-order valence-electron chi connectivity index (χ0n) is 26.0. The van der Waals surface area contributed by atoms with E-state index in [-0.39, 0.29) is 35.3 Å². The third-order valence-corrected chi connectivity index (χ3v) is 9.56. The van der Waals surface area contributed by atoms with E-state index in [1.165, 1.54) is 6.07 Å². The first-order valence-electron chi connectivity index (χ1n) is 15.8. The van der Waals surface area contributed by atoms with Gasteiger partial charge in [0.25, 0.3) is 11.5 Å². The van der Waals surface area contributed by atoms with Crippen molar-refractivity contribution in [3.05, 3.63) is 87.6 Å². The summed E-state index contributed by atoms with van der Waals surface area (Å²) in [6, 6.07) is 14.8. The molecule has 3 unspecified atom stereocenters. The molecule has 11 heteroatoms. The van der Waals surface area contributed by atoms with Gasteiger partial charge in [0.1, 0.15) is 17.6 Å². The average molecular weight is 611 g/mol. The average Bonchev–Trinajstić information content (AvgIpc) is 3.03. The lowest BCUT2D eigenvalue weighted by Gasteiger charge is -2.37. The number of carbonyl (C=O) groups excluding carboxylic acids is 1. The predicted molar refractivity (Wildman–Crippen MR) is 174 cm³/mol. The zero-order chi connectivity index (χ0) is 31.2. The highest BCUT2D eigenvalue weighted by atomic mass is 19.1. The summed E-state index contributed by atoms with van der Waals surface area (Å²) in [5.74, 6) is -0.218. The lowest BCUT2D eigenvalue weighted by Crippen LogP contribution is -2.49. The van der Waals surface area contributed by atoms with Crippen LogP contribution in [-0.4, -0.2) is 76.6 Å². The zero-order valence-corrected chi connectivity index (χ0v) is 26.0. The van der Waals surface area contributed by atoms with Crippen molar-refractivity contribution in [2.75, 3.05) is 50.5 Å². The van der Waals surface area contributed by atoms with Gasteiger partial charge in [0.05, 0.1) is 5.69 Å². The Labute approximate surface area is 261 Å². The number of nitrogens with one attached hydrogen (secondary N) is 2. The predicted octanol–water partition coefficient (Wildman–Crippen LogP) is 4.46. The normalized spacial score (nSPS) is 22.5. The Morgan fingerprint density at radius 1 is 1.04 bits per heavy atom. The molecule has 2 fully saturated rings. The van der Waals surface area contributed by atoms with Gasteiger partial charge in [0, 0.05) is 73.6 Å². The van der Waals surface area contributed by atoms with Crippen LogP contribution in [0.1, 0.15) is 59.9 Å². The van der Waals surface area contributed by atoms with Crippen molar-refractivity contribution < 1.29 is 9.18 Å². The minimum Gasteiger partial charge on any atom is -0.366 e. The molecule has 0 aliphatic carbocycles. The van der Waals surface area contributed by atoms with Gasteiger partial charge in [-0.3, -0.25) is 19.1 Å². The SMILES string of the molecule is CC1CN(c2ccc(Nc3ncc4cc(C5CCCCN5C)c(=O)n(C5Cc6ccccc6C(=O)N5C)c4n3)cc2F)CCN1. The van der Waals surface area contributed by atoms with Gasteiger partial charge < -0.3 is 20.4 Å². The molecule has 0 radical (unpaired) electrons. The highest BCUT2D eigenvalue weighted by Gasteiger charge is 2.34. The second-order valence-electron chi connectivity index (χ2n) is 12.6. The maximum absolute atomic E-state index is 15.3. The number of anilines is 3. The molecule has 2 N–H and O–H groups in total. The number of aromatic nitrogens is 3. The summed E-state index contributed by atoms with van der Waals surface area (Å²) in [6.45, 7) is 5.28. The molecule has 0 saturated carbocycles. The number of hydrogen-bond donors (Lipinski definition) is 2. The van der Waals surface area contributed by atoms with Gasteiger partial charge in [-0.1, -0.05) is 24.6 Å². The molecule has 1 amide bonds. The van der Waals surface area contributed by atoms with E-state index in [4.69, 9.17) is 4.98 Å². The molecule has 7 rings (SSSR count). The second-order valence-corrected chi connectivity index (χ2v) is 12.6. The van der Waals surface area contributed by atoms with Crippen LogP contribution in [-0.2, 0) is 6.42 Å². The van der Waals surface area contributed by atoms with E-state index in [0.29, 0.717) is 40.0 Å². The van der Waals surface area contributed by atoms with Crippen molar-refractivity contribution in [3.63, 3.8) is 0 Å². The lowest BCUT2D eigenvalue weighted by molar-refractivity contribution is 0.0628. The number of pyridine rings is 1. The van der Waals surface area contributed by atoms with E-state index in [1.54, 1.807) is 28.8 Å². The van der Waals surface area contributed by atoms with E-state index in [2.05, 4.69) is 34.5 Å². The van der Waals surface area contributed by atoms with Crippen LogP contribution in [0.5, 0.6) is 0 Å². The summed E-state index contributed by atoms with van der Waals surface area (Å²) in [5, 5.41) is 7.24. The number of halogens is 1. The Kier molecular flexibility index (Phi) is 7.74. The van der Waals surface area contributed by atoms with Crippen LogP contribution in [0, 0.1) is 5.82 Å². The molecule has 5 heterocycles. The highest BCUT2D eigenvalue weighted by molar-refractivity contribution is 5.96. The molecular weight excluding hydrogens is 571 g/mol. The quantitative estimate of drug-likeness (QED) is 0.342. The van der Waals surface area contributed by atoms with Crippen molar-refractivity contribution in [1.82, 2.24) is 29.7 Å². The number of amides is 1. The number of fused-ring (bicyclic) bond motifs is 2. The van der Waals surface area contributed by atoms with Gasteiger partial charge in [0.15, 0.2) is 0 Å². The van der Waals surface area contributed by atoms with Crippen LogP contribution >= 0.6 is 0 Å². The van der Waals surface area contributed by atoms with E-state index in [1.807, 2.05) is 41.3 Å². The summed E-state index contributed by atoms with van der Waals surface area (Å²) in [6.07, 6.45) is 4.63. The number of carbonyl (C=O) groups is 1. The molecular formula is C34H39FN8O2.